The first-order chi connectivity index (χ1) is 6.77. The molecule has 1 aliphatic heterocycles. The molecule has 2 unspecified atom stereocenters. The predicted octanol–water partition coefficient (Wildman–Crippen LogP) is 1.21. The summed E-state index contributed by atoms with van der Waals surface area (Å²) < 4.78 is 5.40. The van der Waals surface area contributed by atoms with Gasteiger partial charge in [0.2, 0.25) is 5.90 Å². The van der Waals surface area contributed by atoms with E-state index in [1.807, 2.05) is 30.3 Å². The van der Waals surface area contributed by atoms with E-state index in [0.717, 1.165) is 5.56 Å². The van der Waals surface area contributed by atoms with Crippen LogP contribution in [0.3, 0.4) is 0 Å². The van der Waals surface area contributed by atoms with Crippen LogP contribution in [-0.4, -0.2) is 29.8 Å². The molecule has 1 aromatic carbocycles. The number of aliphatic hydroxyl groups excluding tert-OH is 1. The van der Waals surface area contributed by atoms with E-state index in [4.69, 9.17) is 4.74 Å². The minimum absolute atomic E-state index is 0.120. The summed E-state index contributed by atoms with van der Waals surface area (Å²) in [6.45, 7) is 2.20. The second-order valence-corrected chi connectivity index (χ2v) is 3.42. The molecular weight excluding hydrogens is 178 g/mol. The van der Waals surface area contributed by atoms with E-state index in [0.29, 0.717) is 12.5 Å². The molecule has 0 radical (unpaired) electrons. The van der Waals surface area contributed by atoms with Gasteiger partial charge in [0.15, 0.2) is 0 Å². The zero-order valence-electron chi connectivity index (χ0n) is 8.05. The van der Waals surface area contributed by atoms with Gasteiger partial charge in [0.05, 0.1) is 6.10 Å². The van der Waals surface area contributed by atoms with Crippen molar-refractivity contribution in [2.75, 3.05) is 6.61 Å². The molecule has 1 N–H and O–H groups in total. The number of rotatable bonds is 2. The van der Waals surface area contributed by atoms with Crippen LogP contribution in [0, 0.1) is 0 Å². The lowest BCUT2D eigenvalue weighted by atomic mass is 10.2. The average molecular weight is 191 g/mol. The van der Waals surface area contributed by atoms with Crippen LogP contribution in [0.2, 0.25) is 0 Å². The molecule has 74 valence electrons. The molecular formula is C11H13NO2. The van der Waals surface area contributed by atoms with Crippen molar-refractivity contribution in [2.24, 2.45) is 4.99 Å². The molecule has 2 atom stereocenters. The van der Waals surface area contributed by atoms with E-state index < -0.39 is 6.10 Å². The Kier molecular flexibility index (Phi) is 2.50. The molecule has 1 aliphatic rings. The third kappa shape index (κ3) is 1.77. The number of benzene rings is 1. The van der Waals surface area contributed by atoms with Crippen molar-refractivity contribution in [3.63, 3.8) is 0 Å². The van der Waals surface area contributed by atoms with Crippen LogP contribution < -0.4 is 0 Å². The molecule has 0 amide bonds. The number of hydrogen-bond donors (Lipinski definition) is 1. The topological polar surface area (TPSA) is 41.8 Å². The lowest BCUT2D eigenvalue weighted by molar-refractivity contribution is 0.145. The number of aliphatic imine (C=N–C) groups is 1. The Balaban J connectivity index is 2.18. The third-order valence-electron chi connectivity index (χ3n) is 2.25. The van der Waals surface area contributed by atoms with Gasteiger partial charge in [0, 0.05) is 5.56 Å². The molecule has 14 heavy (non-hydrogen) atoms. The maximum atomic E-state index is 9.33. The molecule has 3 heteroatoms. The molecule has 0 bridgehead atoms. The Hall–Kier alpha value is -1.35. The standard InChI is InChI=1S/C11H13NO2/c1-8(13)10-7-14-11(12-10)9-5-3-2-4-6-9/h2-6,8,10,13H,7H2,1H3. The van der Waals surface area contributed by atoms with Crippen LogP contribution in [0.1, 0.15) is 12.5 Å². The van der Waals surface area contributed by atoms with Gasteiger partial charge in [-0.25, -0.2) is 4.99 Å². The molecule has 0 spiro atoms. The Morgan fingerprint density at radius 3 is 2.71 bits per heavy atom. The van der Waals surface area contributed by atoms with Crippen molar-refractivity contribution in [2.45, 2.75) is 19.1 Å². The van der Waals surface area contributed by atoms with Gasteiger partial charge in [-0.05, 0) is 19.1 Å². The number of aliphatic hydroxyl groups is 1. The van der Waals surface area contributed by atoms with E-state index in [1.165, 1.54) is 0 Å². The van der Waals surface area contributed by atoms with Crippen LogP contribution in [0.25, 0.3) is 0 Å². The van der Waals surface area contributed by atoms with Crippen LogP contribution in [-0.2, 0) is 4.74 Å². The summed E-state index contributed by atoms with van der Waals surface area (Å²) >= 11 is 0. The van der Waals surface area contributed by atoms with Crippen molar-refractivity contribution in [3.8, 4) is 0 Å². The Bertz CT molecular complexity index is 332. The highest BCUT2D eigenvalue weighted by Crippen LogP contribution is 2.13. The second kappa shape index (κ2) is 3.80. The Labute approximate surface area is 83.1 Å². The summed E-state index contributed by atoms with van der Waals surface area (Å²) in [5.74, 6) is 0.636. The van der Waals surface area contributed by atoms with Gasteiger partial charge >= 0.3 is 0 Å². The lowest BCUT2D eigenvalue weighted by Gasteiger charge is -2.05. The largest absolute Gasteiger partial charge is 0.475 e. The summed E-state index contributed by atoms with van der Waals surface area (Å²) in [5.41, 5.74) is 0.968. The first kappa shape index (κ1) is 9.21. The fourth-order valence-electron chi connectivity index (χ4n) is 1.38. The quantitative estimate of drug-likeness (QED) is 0.763. The van der Waals surface area contributed by atoms with Crippen molar-refractivity contribution < 1.29 is 9.84 Å². The number of ether oxygens (including phenoxy) is 1. The smallest absolute Gasteiger partial charge is 0.216 e. The van der Waals surface area contributed by atoms with E-state index in [-0.39, 0.29) is 6.04 Å². The third-order valence-corrected chi connectivity index (χ3v) is 2.25. The van der Waals surface area contributed by atoms with Crippen molar-refractivity contribution in [1.82, 2.24) is 0 Å². The van der Waals surface area contributed by atoms with Gasteiger partial charge in [-0.2, -0.15) is 0 Å². The van der Waals surface area contributed by atoms with E-state index >= 15 is 0 Å². The number of hydrogen-bond acceptors (Lipinski definition) is 3. The SMILES string of the molecule is CC(O)C1COC(c2ccccc2)=N1. The van der Waals surface area contributed by atoms with Gasteiger partial charge in [0.1, 0.15) is 12.6 Å². The van der Waals surface area contributed by atoms with Gasteiger partial charge in [-0.15, -0.1) is 0 Å². The summed E-state index contributed by atoms with van der Waals surface area (Å²) in [7, 11) is 0. The maximum absolute atomic E-state index is 9.33. The van der Waals surface area contributed by atoms with Crippen molar-refractivity contribution in [1.29, 1.82) is 0 Å². The van der Waals surface area contributed by atoms with Crippen molar-refractivity contribution in [3.05, 3.63) is 35.9 Å². The average Bonchev–Trinajstić information content (AvgIpc) is 2.68. The predicted molar refractivity (Wildman–Crippen MR) is 54.4 cm³/mol. The van der Waals surface area contributed by atoms with Gasteiger partial charge in [0.25, 0.3) is 0 Å². The molecule has 0 aromatic heterocycles. The fourth-order valence-corrected chi connectivity index (χ4v) is 1.38. The van der Waals surface area contributed by atoms with E-state index in [1.54, 1.807) is 6.92 Å². The molecule has 2 rings (SSSR count). The molecule has 1 aromatic rings. The lowest BCUT2D eigenvalue weighted by Crippen LogP contribution is -2.21. The monoisotopic (exact) mass is 191 g/mol. The number of nitrogens with zero attached hydrogens (tertiary/aromatic N) is 1. The minimum Gasteiger partial charge on any atom is -0.475 e. The van der Waals surface area contributed by atoms with E-state index in [2.05, 4.69) is 4.99 Å². The second-order valence-electron chi connectivity index (χ2n) is 3.42. The first-order valence-corrected chi connectivity index (χ1v) is 4.71. The molecule has 0 saturated carbocycles. The molecule has 0 fully saturated rings. The van der Waals surface area contributed by atoms with Crippen LogP contribution in [0.4, 0.5) is 0 Å². The molecule has 3 nitrogen and oxygen atoms in total. The Morgan fingerprint density at radius 2 is 2.14 bits per heavy atom. The van der Waals surface area contributed by atoms with Crippen LogP contribution in [0.5, 0.6) is 0 Å². The summed E-state index contributed by atoms with van der Waals surface area (Å²) in [6.07, 6.45) is -0.448. The molecule has 0 saturated heterocycles. The first-order valence-electron chi connectivity index (χ1n) is 4.71. The van der Waals surface area contributed by atoms with Crippen molar-refractivity contribution >= 4 is 5.90 Å². The highest BCUT2D eigenvalue weighted by atomic mass is 16.5. The van der Waals surface area contributed by atoms with Gasteiger partial charge in [-0.3, -0.25) is 0 Å². The van der Waals surface area contributed by atoms with Gasteiger partial charge in [-0.1, -0.05) is 18.2 Å². The van der Waals surface area contributed by atoms with Crippen LogP contribution >= 0.6 is 0 Å². The molecule has 1 heterocycles. The summed E-state index contributed by atoms with van der Waals surface area (Å²) in [4.78, 5) is 4.30. The zero-order chi connectivity index (χ0) is 9.97. The van der Waals surface area contributed by atoms with E-state index in [9.17, 15) is 5.11 Å². The minimum atomic E-state index is -0.448. The zero-order valence-corrected chi connectivity index (χ0v) is 8.05. The summed E-state index contributed by atoms with van der Waals surface area (Å²) in [5, 5.41) is 9.33. The normalized spacial score (nSPS) is 22.7. The Morgan fingerprint density at radius 1 is 1.43 bits per heavy atom. The summed E-state index contributed by atoms with van der Waals surface area (Å²) in [6, 6.07) is 9.61. The molecule has 0 aliphatic carbocycles. The highest BCUT2D eigenvalue weighted by Gasteiger charge is 2.23. The highest BCUT2D eigenvalue weighted by molar-refractivity contribution is 5.95. The fraction of sp³-hybridized carbons (Fsp3) is 0.364. The maximum Gasteiger partial charge on any atom is 0.216 e. The van der Waals surface area contributed by atoms with Crippen LogP contribution in [0.15, 0.2) is 35.3 Å². The van der Waals surface area contributed by atoms with Gasteiger partial charge < -0.3 is 9.84 Å².